The van der Waals surface area contributed by atoms with E-state index in [2.05, 4.69) is 31.9 Å². The minimum Gasteiger partial charge on any atom is -0.373 e. The number of aromatic amines is 2. The third kappa shape index (κ3) is 1.96. The first kappa shape index (κ1) is 13.0. The van der Waals surface area contributed by atoms with Crippen molar-refractivity contribution in [1.29, 1.82) is 5.26 Å². The van der Waals surface area contributed by atoms with E-state index in [1.54, 1.807) is 0 Å². The van der Waals surface area contributed by atoms with Gasteiger partial charge in [0, 0.05) is 35.6 Å². The standard InChI is InChI=1S/C15H14BN5O/c17-8-16-3-5-21(6-4-16)10-1-2-12-11(7-10)13-14(20-12)18-9-19-15(13)22/h1-2,7,9H,3-6H2,(H2,18,19,20,22). The van der Waals surface area contributed by atoms with Gasteiger partial charge >= 0.3 is 0 Å². The summed E-state index contributed by atoms with van der Waals surface area (Å²) in [4.78, 5) is 24.3. The second-order valence-corrected chi connectivity index (χ2v) is 5.70. The van der Waals surface area contributed by atoms with Gasteiger partial charge in [0.25, 0.3) is 12.3 Å². The van der Waals surface area contributed by atoms with Crippen molar-refractivity contribution < 1.29 is 0 Å². The van der Waals surface area contributed by atoms with Crippen molar-refractivity contribution >= 4 is 34.3 Å². The van der Waals surface area contributed by atoms with Crippen molar-refractivity contribution in [2.45, 2.75) is 12.6 Å². The lowest BCUT2D eigenvalue weighted by molar-refractivity contribution is 0.822. The summed E-state index contributed by atoms with van der Waals surface area (Å²) in [6.45, 7) is 1.92. The molecule has 0 saturated carbocycles. The third-order valence-corrected chi connectivity index (χ3v) is 4.42. The molecule has 3 aromatic rings. The van der Waals surface area contributed by atoms with Crippen molar-refractivity contribution in [3.05, 3.63) is 34.9 Å². The molecule has 0 spiro atoms. The number of fused-ring (bicyclic) bond motifs is 3. The highest BCUT2D eigenvalue weighted by atomic mass is 16.1. The lowest BCUT2D eigenvalue weighted by Gasteiger charge is -2.30. The van der Waals surface area contributed by atoms with Gasteiger partial charge in [0.05, 0.1) is 11.7 Å². The lowest BCUT2D eigenvalue weighted by Crippen LogP contribution is -2.36. The normalized spacial score (nSPS) is 15.4. The quantitative estimate of drug-likeness (QED) is 0.669. The van der Waals surface area contributed by atoms with Gasteiger partial charge in [-0.05, 0) is 30.8 Å². The van der Waals surface area contributed by atoms with Gasteiger partial charge in [-0.3, -0.25) is 4.79 Å². The molecule has 1 saturated heterocycles. The molecule has 6 nitrogen and oxygen atoms in total. The van der Waals surface area contributed by atoms with Crippen LogP contribution in [0.4, 0.5) is 5.69 Å². The van der Waals surface area contributed by atoms with Crippen molar-refractivity contribution in [2.75, 3.05) is 18.0 Å². The SMILES string of the molecule is N#CB1CCN(c2ccc3[nH]c4nc[nH]c(=O)c4c3c2)CC1. The zero-order valence-corrected chi connectivity index (χ0v) is 12.0. The largest absolute Gasteiger partial charge is 0.373 e. The van der Waals surface area contributed by atoms with Crippen LogP contribution >= 0.6 is 0 Å². The van der Waals surface area contributed by atoms with Crippen molar-refractivity contribution in [2.24, 2.45) is 0 Å². The fourth-order valence-electron chi connectivity index (χ4n) is 3.18. The van der Waals surface area contributed by atoms with Crippen LogP contribution in [-0.2, 0) is 0 Å². The fraction of sp³-hybridized carbons (Fsp3) is 0.267. The van der Waals surface area contributed by atoms with Gasteiger partial charge in [0.15, 0.2) is 0 Å². The topological polar surface area (TPSA) is 88.6 Å². The molecule has 2 aromatic heterocycles. The summed E-state index contributed by atoms with van der Waals surface area (Å²) < 4.78 is 0. The van der Waals surface area contributed by atoms with Gasteiger partial charge in [0.1, 0.15) is 5.65 Å². The van der Waals surface area contributed by atoms with E-state index in [1.807, 2.05) is 12.1 Å². The number of anilines is 1. The van der Waals surface area contributed by atoms with Crippen LogP contribution in [0.25, 0.3) is 21.9 Å². The maximum atomic E-state index is 12.1. The maximum Gasteiger partial charge on any atom is 0.271 e. The van der Waals surface area contributed by atoms with Crippen molar-refractivity contribution in [1.82, 2.24) is 15.0 Å². The predicted octanol–water partition coefficient (Wildman–Crippen LogP) is 1.78. The molecule has 3 heterocycles. The lowest BCUT2D eigenvalue weighted by atomic mass is 9.45. The van der Waals surface area contributed by atoms with Crippen LogP contribution in [0.15, 0.2) is 29.3 Å². The van der Waals surface area contributed by atoms with Crippen LogP contribution < -0.4 is 10.5 Å². The van der Waals surface area contributed by atoms with Gasteiger partial charge in [-0.1, -0.05) is 0 Å². The highest BCUT2D eigenvalue weighted by Crippen LogP contribution is 2.28. The first-order valence-corrected chi connectivity index (χ1v) is 7.40. The number of H-pyrrole nitrogens is 2. The van der Waals surface area contributed by atoms with E-state index in [4.69, 9.17) is 5.26 Å². The summed E-state index contributed by atoms with van der Waals surface area (Å²) in [5.74, 6) is 2.35. The Labute approximate surface area is 126 Å². The minimum absolute atomic E-state index is 0.128. The van der Waals surface area contributed by atoms with Gasteiger partial charge < -0.3 is 14.9 Å². The Hall–Kier alpha value is -2.75. The summed E-state index contributed by atoms with van der Waals surface area (Å²) in [6.07, 6.45) is 3.20. The van der Waals surface area contributed by atoms with E-state index < -0.39 is 0 Å². The second kappa shape index (κ2) is 4.91. The minimum atomic E-state index is -0.128. The monoisotopic (exact) mass is 291 g/mol. The molecule has 2 N–H and O–H groups in total. The van der Waals surface area contributed by atoms with E-state index in [0.717, 1.165) is 42.3 Å². The Balaban J connectivity index is 1.79. The van der Waals surface area contributed by atoms with Crippen LogP contribution in [0.2, 0.25) is 12.6 Å². The average molecular weight is 291 g/mol. The molecular formula is C15H14BN5O. The zero-order valence-electron chi connectivity index (χ0n) is 12.0. The molecule has 4 rings (SSSR count). The van der Waals surface area contributed by atoms with Crippen LogP contribution in [0, 0.1) is 11.2 Å². The molecule has 0 aliphatic carbocycles. The first-order valence-electron chi connectivity index (χ1n) is 7.40. The Morgan fingerprint density at radius 1 is 1.32 bits per heavy atom. The number of nitrogens with zero attached hydrogens (tertiary/aromatic N) is 3. The fourth-order valence-corrected chi connectivity index (χ4v) is 3.18. The Bertz CT molecular complexity index is 946. The molecule has 1 fully saturated rings. The summed E-state index contributed by atoms with van der Waals surface area (Å²) in [7, 11) is 0. The van der Waals surface area contributed by atoms with Gasteiger partial charge in [0.2, 0.25) is 0 Å². The van der Waals surface area contributed by atoms with E-state index in [1.165, 1.54) is 6.33 Å². The van der Waals surface area contributed by atoms with E-state index in [-0.39, 0.29) is 12.3 Å². The summed E-state index contributed by atoms with van der Waals surface area (Å²) in [5, 5.41) is 10.5. The second-order valence-electron chi connectivity index (χ2n) is 5.70. The number of nitrogens with one attached hydrogen (secondary N) is 2. The molecule has 1 aromatic carbocycles. The van der Waals surface area contributed by atoms with Crippen LogP contribution in [0.5, 0.6) is 0 Å². The third-order valence-electron chi connectivity index (χ3n) is 4.42. The van der Waals surface area contributed by atoms with E-state index in [9.17, 15) is 4.79 Å². The number of nitriles is 1. The van der Waals surface area contributed by atoms with E-state index in [0.29, 0.717) is 11.0 Å². The van der Waals surface area contributed by atoms with Crippen LogP contribution in [-0.4, -0.2) is 34.8 Å². The summed E-state index contributed by atoms with van der Waals surface area (Å²) >= 11 is 0. The highest BCUT2D eigenvalue weighted by Gasteiger charge is 2.23. The first-order chi connectivity index (χ1) is 10.8. The molecule has 0 atom stereocenters. The molecule has 0 radical (unpaired) electrons. The Kier molecular flexibility index (Phi) is 2.89. The molecule has 7 heteroatoms. The molecule has 0 bridgehead atoms. The summed E-state index contributed by atoms with van der Waals surface area (Å²) in [5.41, 5.74) is 2.48. The molecule has 1 aliphatic heterocycles. The molecule has 1 aliphatic rings. The highest BCUT2D eigenvalue weighted by molar-refractivity contribution is 6.67. The summed E-state index contributed by atoms with van der Waals surface area (Å²) in [6, 6.07) is 6.08. The van der Waals surface area contributed by atoms with Gasteiger partial charge in [-0.15, -0.1) is 0 Å². The zero-order chi connectivity index (χ0) is 15.1. The molecule has 0 amide bonds. The average Bonchev–Trinajstić information content (AvgIpc) is 2.94. The smallest absolute Gasteiger partial charge is 0.271 e. The number of rotatable bonds is 1. The van der Waals surface area contributed by atoms with Gasteiger partial charge in [-0.2, -0.15) is 0 Å². The molecule has 0 unspecified atom stereocenters. The number of aromatic nitrogens is 3. The maximum absolute atomic E-state index is 12.1. The molecular weight excluding hydrogens is 277 g/mol. The Morgan fingerprint density at radius 3 is 2.91 bits per heavy atom. The molecule has 22 heavy (non-hydrogen) atoms. The number of benzene rings is 1. The Morgan fingerprint density at radius 2 is 2.14 bits per heavy atom. The van der Waals surface area contributed by atoms with Gasteiger partial charge in [-0.25, -0.2) is 10.2 Å². The molecule has 108 valence electrons. The number of hydrogen-bond donors (Lipinski definition) is 2. The van der Waals surface area contributed by atoms with Crippen LogP contribution in [0.1, 0.15) is 0 Å². The predicted molar refractivity (Wildman–Crippen MR) is 87.4 cm³/mol. The van der Waals surface area contributed by atoms with E-state index >= 15 is 0 Å². The van der Waals surface area contributed by atoms with Crippen molar-refractivity contribution in [3.63, 3.8) is 0 Å². The van der Waals surface area contributed by atoms with Crippen LogP contribution in [0.3, 0.4) is 0 Å². The van der Waals surface area contributed by atoms with Crippen molar-refractivity contribution in [3.8, 4) is 5.97 Å². The number of hydrogen-bond acceptors (Lipinski definition) is 4.